The van der Waals surface area contributed by atoms with E-state index in [4.69, 9.17) is 0 Å². The quantitative estimate of drug-likeness (QED) is 0.643. The monoisotopic (exact) mass is 391 g/mol. The van der Waals surface area contributed by atoms with Crippen LogP contribution in [0, 0.1) is 11.8 Å². The molecule has 2 aliphatic rings. The first kappa shape index (κ1) is 18.0. The number of piperidine rings is 1. The maximum absolute atomic E-state index is 12.6. The molecule has 0 unspecified atom stereocenters. The second-order valence-corrected chi connectivity index (χ2v) is 9.83. The molecule has 0 spiro atoms. The molecule has 140 valence electrons. The zero-order chi connectivity index (χ0) is 18.3. The SMILES string of the molecule is C[C@@H]1CCc2c(sc3nc(SCC(=O)N4CCC[C@H](C)C4)[nH]c(=O)c23)C1. The summed E-state index contributed by atoms with van der Waals surface area (Å²) >= 11 is 3.00. The van der Waals surface area contributed by atoms with Crippen molar-refractivity contribution in [3.05, 3.63) is 20.8 Å². The average Bonchev–Trinajstić information content (AvgIpc) is 2.97. The third-order valence-corrected chi connectivity index (χ3v) is 7.49. The number of thiophene rings is 1. The first-order valence-electron chi connectivity index (χ1n) is 9.46. The second kappa shape index (κ2) is 7.35. The average molecular weight is 392 g/mol. The van der Waals surface area contributed by atoms with E-state index in [1.165, 1.54) is 28.6 Å². The van der Waals surface area contributed by atoms with Gasteiger partial charge in [-0.2, -0.15) is 0 Å². The molecule has 1 fully saturated rings. The standard InChI is InChI=1S/C19H25N3O2S2/c1-11-5-6-13-14(8-11)26-18-16(13)17(24)20-19(21-18)25-10-15(23)22-7-3-4-12(2)9-22/h11-12H,3-10H2,1-2H3,(H,20,21,24)/t11-,12+/m1/s1. The minimum Gasteiger partial charge on any atom is -0.342 e. The molecule has 0 bridgehead atoms. The summed E-state index contributed by atoms with van der Waals surface area (Å²) in [6.07, 6.45) is 5.43. The van der Waals surface area contributed by atoms with E-state index < -0.39 is 0 Å². The number of amides is 1. The smallest absolute Gasteiger partial charge is 0.260 e. The van der Waals surface area contributed by atoms with Gasteiger partial charge in [0.1, 0.15) is 4.83 Å². The van der Waals surface area contributed by atoms with Crippen molar-refractivity contribution in [3.8, 4) is 0 Å². The summed E-state index contributed by atoms with van der Waals surface area (Å²) in [6.45, 7) is 6.15. The maximum Gasteiger partial charge on any atom is 0.260 e. The number of hydrogen-bond donors (Lipinski definition) is 1. The Morgan fingerprint density at radius 1 is 1.35 bits per heavy atom. The molecular weight excluding hydrogens is 366 g/mol. The summed E-state index contributed by atoms with van der Waals surface area (Å²) in [4.78, 5) is 36.7. The van der Waals surface area contributed by atoms with Crippen LogP contribution in [-0.4, -0.2) is 39.6 Å². The molecule has 26 heavy (non-hydrogen) atoms. The van der Waals surface area contributed by atoms with Crippen LogP contribution < -0.4 is 5.56 Å². The van der Waals surface area contributed by atoms with Gasteiger partial charge in [-0.3, -0.25) is 9.59 Å². The second-order valence-electron chi connectivity index (χ2n) is 7.78. The predicted octanol–water partition coefficient (Wildman–Crippen LogP) is 3.46. The van der Waals surface area contributed by atoms with Crippen LogP contribution in [0.4, 0.5) is 0 Å². The van der Waals surface area contributed by atoms with Crippen molar-refractivity contribution in [1.29, 1.82) is 0 Å². The molecule has 1 saturated heterocycles. The number of rotatable bonds is 3. The first-order chi connectivity index (χ1) is 12.5. The van der Waals surface area contributed by atoms with Crippen LogP contribution in [0.2, 0.25) is 0 Å². The number of aromatic nitrogens is 2. The molecule has 1 aliphatic carbocycles. The molecule has 1 amide bonds. The van der Waals surface area contributed by atoms with Crippen LogP contribution in [0.25, 0.3) is 10.2 Å². The number of aryl methyl sites for hydroxylation is 1. The number of hydrogen-bond acceptors (Lipinski definition) is 5. The Kier molecular flexibility index (Phi) is 5.10. The minimum absolute atomic E-state index is 0.0522. The van der Waals surface area contributed by atoms with E-state index in [2.05, 4.69) is 23.8 Å². The molecule has 3 heterocycles. The lowest BCUT2D eigenvalue weighted by molar-refractivity contribution is -0.130. The summed E-state index contributed by atoms with van der Waals surface area (Å²) < 4.78 is 0. The summed E-state index contributed by atoms with van der Waals surface area (Å²) in [5.41, 5.74) is 1.15. The molecule has 4 rings (SSSR count). The van der Waals surface area contributed by atoms with Crippen molar-refractivity contribution in [1.82, 2.24) is 14.9 Å². The van der Waals surface area contributed by atoms with Crippen molar-refractivity contribution in [3.63, 3.8) is 0 Å². The molecule has 5 nitrogen and oxygen atoms in total. The van der Waals surface area contributed by atoms with Gasteiger partial charge in [-0.05, 0) is 49.5 Å². The molecule has 2 aromatic heterocycles. The van der Waals surface area contributed by atoms with Gasteiger partial charge in [-0.25, -0.2) is 4.98 Å². The topological polar surface area (TPSA) is 66.1 Å². The molecule has 1 N–H and O–H groups in total. The van der Waals surface area contributed by atoms with E-state index in [-0.39, 0.29) is 11.5 Å². The molecule has 0 radical (unpaired) electrons. The third kappa shape index (κ3) is 3.56. The fourth-order valence-electron chi connectivity index (χ4n) is 4.03. The number of nitrogens with one attached hydrogen (secondary N) is 1. The predicted molar refractivity (Wildman–Crippen MR) is 107 cm³/mol. The number of likely N-dealkylation sites (tertiary alicyclic amines) is 1. The highest BCUT2D eigenvalue weighted by Crippen LogP contribution is 2.36. The summed E-state index contributed by atoms with van der Waals surface area (Å²) in [5.74, 6) is 1.73. The Balaban J connectivity index is 1.51. The van der Waals surface area contributed by atoms with Gasteiger partial charge in [0.25, 0.3) is 5.56 Å². The molecular formula is C19H25N3O2S2. The fourth-order valence-corrected chi connectivity index (χ4v) is 6.24. The van der Waals surface area contributed by atoms with Crippen molar-refractivity contribution in [2.75, 3.05) is 18.8 Å². The Bertz CT molecular complexity index is 889. The van der Waals surface area contributed by atoms with E-state index in [9.17, 15) is 9.59 Å². The van der Waals surface area contributed by atoms with Crippen LogP contribution in [-0.2, 0) is 17.6 Å². The molecule has 2 atom stereocenters. The number of H-pyrrole nitrogens is 1. The highest BCUT2D eigenvalue weighted by atomic mass is 32.2. The largest absolute Gasteiger partial charge is 0.342 e. The number of carbonyl (C=O) groups excluding carboxylic acids is 1. The number of carbonyl (C=O) groups is 1. The molecule has 1 aliphatic heterocycles. The van der Waals surface area contributed by atoms with Gasteiger partial charge in [0.2, 0.25) is 5.91 Å². The summed E-state index contributed by atoms with van der Waals surface area (Å²) in [7, 11) is 0. The maximum atomic E-state index is 12.6. The van der Waals surface area contributed by atoms with Gasteiger partial charge in [0.05, 0.1) is 11.1 Å². The van der Waals surface area contributed by atoms with Gasteiger partial charge >= 0.3 is 0 Å². The van der Waals surface area contributed by atoms with Crippen molar-refractivity contribution in [2.24, 2.45) is 11.8 Å². The number of thioether (sulfide) groups is 1. The van der Waals surface area contributed by atoms with Crippen LogP contribution in [0.5, 0.6) is 0 Å². The highest BCUT2D eigenvalue weighted by molar-refractivity contribution is 7.99. The molecule has 2 aromatic rings. The lowest BCUT2D eigenvalue weighted by Gasteiger charge is -2.30. The van der Waals surface area contributed by atoms with Crippen LogP contribution in [0.15, 0.2) is 9.95 Å². The molecule has 0 aromatic carbocycles. The Hall–Kier alpha value is -1.34. The molecule has 7 heteroatoms. The van der Waals surface area contributed by atoms with Gasteiger partial charge in [-0.15, -0.1) is 11.3 Å². The van der Waals surface area contributed by atoms with Gasteiger partial charge in [0.15, 0.2) is 5.16 Å². The highest BCUT2D eigenvalue weighted by Gasteiger charge is 2.24. The number of aromatic amines is 1. The summed E-state index contributed by atoms with van der Waals surface area (Å²) in [6, 6.07) is 0. The van der Waals surface area contributed by atoms with E-state index in [1.54, 1.807) is 11.3 Å². The van der Waals surface area contributed by atoms with E-state index in [1.807, 2.05) is 4.90 Å². The first-order valence-corrected chi connectivity index (χ1v) is 11.3. The van der Waals surface area contributed by atoms with Gasteiger partial charge in [-0.1, -0.05) is 25.6 Å². The van der Waals surface area contributed by atoms with E-state index >= 15 is 0 Å². The van der Waals surface area contributed by atoms with Crippen molar-refractivity contribution >= 4 is 39.2 Å². The van der Waals surface area contributed by atoms with Crippen LogP contribution in [0.1, 0.15) is 43.6 Å². The lowest BCUT2D eigenvalue weighted by atomic mass is 9.89. The summed E-state index contributed by atoms with van der Waals surface area (Å²) in [5, 5.41) is 1.34. The van der Waals surface area contributed by atoms with Crippen LogP contribution >= 0.6 is 23.1 Å². The Labute approximate surface area is 161 Å². The van der Waals surface area contributed by atoms with Crippen LogP contribution in [0.3, 0.4) is 0 Å². The third-order valence-electron chi connectivity index (χ3n) is 5.49. The van der Waals surface area contributed by atoms with Gasteiger partial charge in [0, 0.05) is 18.0 Å². The molecule has 0 saturated carbocycles. The fraction of sp³-hybridized carbons (Fsp3) is 0.632. The lowest BCUT2D eigenvalue weighted by Crippen LogP contribution is -2.40. The van der Waals surface area contributed by atoms with E-state index in [0.717, 1.165) is 49.0 Å². The normalized spacial score (nSPS) is 23.2. The van der Waals surface area contributed by atoms with E-state index in [0.29, 0.717) is 22.7 Å². The van der Waals surface area contributed by atoms with Gasteiger partial charge < -0.3 is 9.88 Å². The minimum atomic E-state index is -0.0522. The zero-order valence-electron chi connectivity index (χ0n) is 15.3. The Morgan fingerprint density at radius 2 is 2.19 bits per heavy atom. The number of fused-ring (bicyclic) bond motifs is 3. The van der Waals surface area contributed by atoms with Crippen molar-refractivity contribution < 1.29 is 4.79 Å². The zero-order valence-corrected chi connectivity index (χ0v) is 17.0. The Morgan fingerprint density at radius 3 is 3.00 bits per heavy atom. The van der Waals surface area contributed by atoms with Crippen molar-refractivity contribution in [2.45, 2.75) is 51.1 Å². The number of nitrogens with zero attached hydrogens (tertiary/aromatic N) is 2.